The van der Waals surface area contributed by atoms with Crippen LogP contribution in [0.5, 0.6) is 5.75 Å². The number of guanidine groups is 1. The highest BCUT2D eigenvalue weighted by molar-refractivity contribution is 5.84. The van der Waals surface area contributed by atoms with Gasteiger partial charge in [-0.25, -0.2) is 0 Å². The molecule has 0 radical (unpaired) electrons. The van der Waals surface area contributed by atoms with Crippen LogP contribution in [0.25, 0.3) is 0 Å². The molecule has 6 heteroatoms. The Hall–Kier alpha value is -2.24. The van der Waals surface area contributed by atoms with E-state index in [4.69, 9.17) is 9.47 Å². The number of nitrogens with one attached hydrogen (secondary N) is 2. The van der Waals surface area contributed by atoms with Crippen LogP contribution in [0.15, 0.2) is 29.3 Å². The van der Waals surface area contributed by atoms with Crippen LogP contribution in [0.4, 0.5) is 0 Å². The lowest BCUT2D eigenvalue weighted by atomic mass is 10.2. The van der Waals surface area contributed by atoms with Gasteiger partial charge in [-0.2, -0.15) is 0 Å². The summed E-state index contributed by atoms with van der Waals surface area (Å²) in [5, 5.41) is 6.09. The Kier molecular flexibility index (Phi) is 7.38. The summed E-state index contributed by atoms with van der Waals surface area (Å²) in [4.78, 5) is 15.8. The minimum Gasteiger partial charge on any atom is -0.494 e. The summed E-state index contributed by atoms with van der Waals surface area (Å²) < 4.78 is 10.8. The van der Waals surface area contributed by atoms with Gasteiger partial charge in [-0.15, -0.1) is 0 Å². The number of ether oxygens (including phenoxy) is 2. The second-order valence-corrected chi connectivity index (χ2v) is 5.91. The van der Waals surface area contributed by atoms with E-state index in [1.54, 1.807) is 7.05 Å². The predicted molar refractivity (Wildman–Crippen MR) is 91.7 cm³/mol. The number of aliphatic imine (C=N–C) groups is 1. The Balaban J connectivity index is 2.50. The number of carbonyl (C=O) groups is 1. The summed E-state index contributed by atoms with van der Waals surface area (Å²) in [6.07, 6.45) is 0. The zero-order valence-corrected chi connectivity index (χ0v) is 14.6. The summed E-state index contributed by atoms with van der Waals surface area (Å²) in [6, 6.07) is 7.80. The average molecular weight is 321 g/mol. The molecule has 128 valence electrons. The van der Waals surface area contributed by atoms with E-state index in [2.05, 4.69) is 15.6 Å². The second-order valence-electron chi connectivity index (χ2n) is 5.91. The van der Waals surface area contributed by atoms with Crippen LogP contribution >= 0.6 is 0 Å². The van der Waals surface area contributed by atoms with Gasteiger partial charge in [0, 0.05) is 19.2 Å². The Labute approximate surface area is 138 Å². The van der Waals surface area contributed by atoms with Gasteiger partial charge in [0.25, 0.3) is 0 Å². The molecule has 0 saturated carbocycles. The molecular weight excluding hydrogens is 294 g/mol. The van der Waals surface area contributed by atoms with E-state index in [0.717, 1.165) is 11.3 Å². The van der Waals surface area contributed by atoms with Crippen LogP contribution in [-0.4, -0.2) is 37.7 Å². The summed E-state index contributed by atoms with van der Waals surface area (Å²) in [7, 11) is 1.65. The Morgan fingerprint density at radius 2 is 1.91 bits per heavy atom. The van der Waals surface area contributed by atoms with Crippen LogP contribution in [0.3, 0.4) is 0 Å². The standard InChI is InChI=1S/C17H27N3O3/c1-6-22-14-10-8-7-9-13(14)11-19-16(18-5)20-12-15(21)23-17(2,3)4/h7-10H,6,11-12H2,1-5H3,(H2,18,19,20). The smallest absolute Gasteiger partial charge is 0.325 e. The molecule has 0 saturated heterocycles. The van der Waals surface area contributed by atoms with Gasteiger partial charge in [0.1, 0.15) is 17.9 Å². The monoisotopic (exact) mass is 321 g/mol. The number of carbonyl (C=O) groups excluding carboxylic acids is 1. The number of hydrogen-bond acceptors (Lipinski definition) is 4. The molecule has 0 aromatic heterocycles. The molecule has 0 aliphatic heterocycles. The lowest BCUT2D eigenvalue weighted by molar-refractivity contribution is -0.153. The lowest BCUT2D eigenvalue weighted by Crippen LogP contribution is -2.41. The highest BCUT2D eigenvalue weighted by atomic mass is 16.6. The van der Waals surface area contributed by atoms with Crippen LogP contribution in [-0.2, 0) is 16.1 Å². The molecule has 0 aliphatic rings. The van der Waals surface area contributed by atoms with Crippen LogP contribution in [0.2, 0.25) is 0 Å². The average Bonchev–Trinajstić information content (AvgIpc) is 2.47. The number of benzene rings is 1. The lowest BCUT2D eigenvalue weighted by Gasteiger charge is -2.20. The van der Waals surface area contributed by atoms with E-state index in [0.29, 0.717) is 19.1 Å². The number of nitrogens with zero attached hydrogens (tertiary/aromatic N) is 1. The number of rotatable bonds is 6. The van der Waals surface area contributed by atoms with E-state index in [9.17, 15) is 4.79 Å². The van der Waals surface area contributed by atoms with Gasteiger partial charge in [0.15, 0.2) is 5.96 Å². The fourth-order valence-electron chi connectivity index (χ4n) is 1.88. The fourth-order valence-corrected chi connectivity index (χ4v) is 1.88. The molecule has 23 heavy (non-hydrogen) atoms. The third-order valence-electron chi connectivity index (χ3n) is 2.76. The molecule has 0 aliphatic carbocycles. The van der Waals surface area contributed by atoms with Crippen molar-refractivity contribution in [2.75, 3.05) is 20.2 Å². The van der Waals surface area contributed by atoms with Gasteiger partial charge in [0.05, 0.1) is 6.61 Å². The summed E-state index contributed by atoms with van der Waals surface area (Å²) in [5.41, 5.74) is 0.529. The first kappa shape index (κ1) is 18.8. The first-order chi connectivity index (χ1) is 10.9. The van der Waals surface area contributed by atoms with Crippen molar-refractivity contribution in [3.63, 3.8) is 0 Å². The van der Waals surface area contributed by atoms with E-state index < -0.39 is 5.60 Å². The summed E-state index contributed by atoms with van der Waals surface area (Å²) in [6.45, 7) is 8.68. The molecule has 6 nitrogen and oxygen atoms in total. The van der Waals surface area contributed by atoms with Gasteiger partial charge in [-0.3, -0.25) is 9.79 Å². The van der Waals surface area contributed by atoms with Crippen molar-refractivity contribution >= 4 is 11.9 Å². The molecule has 0 heterocycles. The van der Waals surface area contributed by atoms with Crippen molar-refractivity contribution < 1.29 is 14.3 Å². The fraction of sp³-hybridized carbons (Fsp3) is 0.529. The van der Waals surface area contributed by atoms with E-state index in [1.165, 1.54) is 0 Å². The third-order valence-corrected chi connectivity index (χ3v) is 2.76. The van der Waals surface area contributed by atoms with Crippen molar-refractivity contribution in [2.24, 2.45) is 4.99 Å². The van der Waals surface area contributed by atoms with Gasteiger partial charge in [0.2, 0.25) is 0 Å². The molecule has 0 amide bonds. The third kappa shape index (κ3) is 7.54. The van der Waals surface area contributed by atoms with E-state index >= 15 is 0 Å². The molecule has 0 atom stereocenters. The predicted octanol–water partition coefficient (Wildman–Crippen LogP) is 2.09. The Morgan fingerprint density at radius 1 is 1.22 bits per heavy atom. The topological polar surface area (TPSA) is 72.0 Å². The normalized spacial score (nSPS) is 11.8. The molecule has 1 aromatic rings. The SMILES string of the molecule is CCOc1ccccc1CNC(=NC)NCC(=O)OC(C)(C)C. The van der Waals surface area contributed by atoms with E-state index in [1.807, 2.05) is 52.0 Å². The van der Waals surface area contributed by atoms with Crippen LogP contribution < -0.4 is 15.4 Å². The maximum atomic E-state index is 11.7. The largest absolute Gasteiger partial charge is 0.494 e. The van der Waals surface area contributed by atoms with Gasteiger partial charge < -0.3 is 20.1 Å². The van der Waals surface area contributed by atoms with Crippen molar-refractivity contribution in [1.82, 2.24) is 10.6 Å². The van der Waals surface area contributed by atoms with Crippen molar-refractivity contribution in [3.05, 3.63) is 29.8 Å². The maximum absolute atomic E-state index is 11.7. The zero-order valence-electron chi connectivity index (χ0n) is 14.6. The number of para-hydroxylation sites is 1. The first-order valence-corrected chi connectivity index (χ1v) is 7.72. The Bertz CT molecular complexity index is 536. The molecule has 2 N–H and O–H groups in total. The first-order valence-electron chi connectivity index (χ1n) is 7.72. The highest BCUT2D eigenvalue weighted by Gasteiger charge is 2.16. The van der Waals surface area contributed by atoms with Gasteiger partial charge in [-0.05, 0) is 33.8 Å². The van der Waals surface area contributed by atoms with Crippen molar-refractivity contribution in [3.8, 4) is 5.75 Å². The molecule has 1 aromatic carbocycles. The quantitative estimate of drug-likeness (QED) is 0.477. The highest BCUT2D eigenvalue weighted by Crippen LogP contribution is 2.17. The molecule has 1 rings (SSSR count). The van der Waals surface area contributed by atoms with Crippen LogP contribution in [0.1, 0.15) is 33.3 Å². The van der Waals surface area contributed by atoms with Crippen LogP contribution in [0, 0.1) is 0 Å². The molecule has 0 fully saturated rings. The van der Waals surface area contributed by atoms with Gasteiger partial charge in [-0.1, -0.05) is 18.2 Å². The molecule has 0 spiro atoms. The molecular formula is C17H27N3O3. The maximum Gasteiger partial charge on any atom is 0.325 e. The Morgan fingerprint density at radius 3 is 2.52 bits per heavy atom. The summed E-state index contributed by atoms with van der Waals surface area (Å²) in [5.74, 6) is 1.04. The minimum absolute atomic E-state index is 0.0596. The minimum atomic E-state index is -0.494. The van der Waals surface area contributed by atoms with E-state index in [-0.39, 0.29) is 12.5 Å². The molecule has 0 unspecified atom stereocenters. The zero-order chi connectivity index (χ0) is 17.3. The number of esters is 1. The summed E-state index contributed by atoms with van der Waals surface area (Å²) >= 11 is 0. The molecule has 0 bridgehead atoms. The van der Waals surface area contributed by atoms with Crippen molar-refractivity contribution in [1.29, 1.82) is 0 Å². The van der Waals surface area contributed by atoms with Crippen molar-refractivity contribution in [2.45, 2.75) is 39.8 Å². The van der Waals surface area contributed by atoms with Gasteiger partial charge >= 0.3 is 5.97 Å². The number of hydrogen-bond donors (Lipinski definition) is 2. The second kappa shape index (κ2) is 9.02.